The van der Waals surface area contributed by atoms with Crippen LogP contribution in [0, 0.1) is 6.92 Å². The average Bonchev–Trinajstić information content (AvgIpc) is 2.60. The number of hydrogen-bond acceptors (Lipinski definition) is 5. The summed E-state index contributed by atoms with van der Waals surface area (Å²) in [5, 5.41) is 3.54. The van der Waals surface area contributed by atoms with Gasteiger partial charge in [0.25, 0.3) is 5.91 Å². The van der Waals surface area contributed by atoms with Crippen LogP contribution < -0.4 is 14.8 Å². The summed E-state index contributed by atoms with van der Waals surface area (Å²) in [5.41, 5.74) is 1.46. The zero-order valence-electron chi connectivity index (χ0n) is 13.4. The van der Waals surface area contributed by atoms with Crippen molar-refractivity contribution in [2.75, 3.05) is 19.0 Å². The van der Waals surface area contributed by atoms with Crippen LogP contribution in [0.1, 0.15) is 5.82 Å². The second-order valence-electron chi connectivity index (χ2n) is 5.16. The summed E-state index contributed by atoms with van der Waals surface area (Å²) >= 11 is 0. The van der Waals surface area contributed by atoms with Crippen molar-refractivity contribution in [3.63, 3.8) is 0 Å². The number of hydrogen-bond donors (Lipinski definition) is 1. The van der Waals surface area contributed by atoms with E-state index in [4.69, 9.17) is 9.47 Å². The van der Waals surface area contributed by atoms with Gasteiger partial charge in [0.2, 0.25) is 5.88 Å². The van der Waals surface area contributed by atoms with Gasteiger partial charge in [0.15, 0.2) is 6.61 Å². The third kappa shape index (κ3) is 3.60. The van der Waals surface area contributed by atoms with Crippen molar-refractivity contribution < 1.29 is 14.3 Å². The predicted molar refractivity (Wildman–Crippen MR) is 91.4 cm³/mol. The summed E-state index contributed by atoms with van der Waals surface area (Å²) < 4.78 is 10.7. The SMILES string of the molecule is COc1ccc(NC(=O)COc2nc(C)nc3ccccc23)cc1. The molecule has 0 unspecified atom stereocenters. The molecule has 3 aromatic rings. The zero-order chi connectivity index (χ0) is 16.9. The number of methoxy groups -OCH3 is 1. The van der Waals surface area contributed by atoms with Crippen LogP contribution >= 0.6 is 0 Å². The lowest BCUT2D eigenvalue weighted by atomic mass is 10.2. The smallest absolute Gasteiger partial charge is 0.262 e. The summed E-state index contributed by atoms with van der Waals surface area (Å²) in [6.07, 6.45) is 0. The standard InChI is InChI=1S/C18H17N3O3/c1-12-19-16-6-4-3-5-15(16)18(20-12)24-11-17(22)21-13-7-9-14(23-2)10-8-13/h3-10H,11H2,1-2H3,(H,21,22). The topological polar surface area (TPSA) is 73.3 Å². The first-order valence-electron chi connectivity index (χ1n) is 7.46. The number of carbonyl (C=O) groups is 1. The Morgan fingerprint density at radius 3 is 2.58 bits per heavy atom. The Labute approximate surface area is 139 Å². The van der Waals surface area contributed by atoms with Crippen molar-refractivity contribution in [1.29, 1.82) is 0 Å². The van der Waals surface area contributed by atoms with E-state index >= 15 is 0 Å². The monoisotopic (exact) mass is 323 g/mol. The maximum atomic E-state index is 12.1. The summed E-state index contributed by atoms with van der Waals surface area (Å²) in [4.78, 5) is 20.7. The largest absolute Gasteiger partial charge is 0.497 e. The molecule has 24 heavy (non-hydrogen) atoms. The highest BCUT2D eigenvalue weighted by Gasteiger charge is 2.09. The maximum Gasteiger partial charge on any atom is 0.262 e. The first-order chi connectivity index (χ1) is 11.7. The molecule has 0 atom stereocenters. The molecule has 0 spiro atoms. The first kappa shape index (κ1) is 15.7. The van der Waals surface area contributed by atoms with Gasteiger partial charge in [0.1, 0.15) is 11.6 Å². The van der Waals surface area contributed by atoms with Crippen molar-refractivity contribution >= 4 is 22.5 Å². The zero-order valence-corrected chi connectivity index (χ0v) is 13.4. The van der Waals surface area contributed by atoms with E-state index in [1.54, 1.807) is 38.3 Å². The maximum absolute atomic E-state index is 12.1. The molecule has 3 rings (SSSR count). The molecule has 0 radical (unpaired) electrons. The first-order valence-corrected chi connectivity index (χ1v) is 7.46. The van der Waals surface area contributed by atoms with E-state index in [-0.39, 0.29) is 12.5 Å². The minimum absolute atomic E-state index is 0.132. The van der Waals surface area contributed by atoms with Gasteiger partial charge in [-0.25, -0.2) is 4.98 Å². The van der Waals surface area contributed by atoms with Gasteiger partial charge < -0.3 is 14.8 Å². The van der Waals surface area contributed by atoms with E-state index < -0.39 is 0 Å². The van der Waals surface area contributed by atoms with Crippen molar-refractivity contribution in [2.24, 2.45) is 0 Å². The van der Waals surface area contributed by atoms with Crippen molar-refractivity contribution in [3.05, 3.63) is 54.4 Å². The van der Waals surface area contributed by atoms with E-state index in [0.29, 0.717) is 17.4 Å². The minimum Gasteiger partial charge on any atom is -0.497 e. The number of ether oxygens (including phenoxy) is 2. The second-order valence-corrected chi connectivity index (χ2v) is 5.16. The molecule has 2 aromatic carbocycles. The molecule has 0 aliphatic rings. The Kier molecular flexibility index (Phi) is 4.56. The van der Waals surface area contributed by atoms with Gasteiger partial charge in [-0.3, -0.25) is 4.79 Å². The Morgan fingerprint density at radius 1 is 1.08 bits per heavy atom. The summed E-state index contributed by atoms with van der Waals surface area (Å²) in [5.74, 6) is 1.47. The number of anilines is 1. The molecule has 122 valence electrons. The fourth-order valence-corrected chi connectivity index (χ4v) is 2.27. The molecule has 0 aliphatic heterocycles. The Bertz CT molecular complexity index is 863. The van der Waals surface area contributed by atoms with Gasteiger partial charge >= 0.3 is 0 Å². The van der Waals surface area contributed by atoms with Crippen LogP contribution in [0.15, 0.2) is 48.5 Å². The molecular formula is C18H17N3O3. The quantitative estimate of drug-likeness (QED) is 0.781. The molecular weight excluding hydrogens is 306 g/mol. The Hall–Kier alpha value is -3.15. The van der Waals surface area contributed by atoms with Crippen LogP contribution in [-0.2, 0) is 4.79 Å². The summed E-state index contributed by atoms with van der Waals surface area (Å²) in [7, 11) is 1.59. The van der Waals surface area contributed by atoms with E-state index in [9.17, 15) is 4.79 Å². The summed E-state index contributed by atoms with van der Waals surface area (Å²) in [6.45, 7) is 1.66. The molecule has 0 saturated carbocycles. The molecule has 1 aromatic heterocycles. The second kappa shape index (κ2) is 6.95. The number of rotatable bonds is 5. The number of nitrogens with one attached hydrogen (secondary N) is 1. The van der Waals surface area contributed by atoms with E-state index in [1.807, 2.05) is 24.3 Å². The molecule has 0 fully saturated rings. The molecule has 6 heteroatoms. The number of fused-ring (bicyclic) bond motifs is 1. The van der Waals surface area contributed by atoms with Gasteiger partial charge in [-0.1, -0.05) is 12.1 Å². The number of amides is 1. The number of aryl methyl sites for hydroxylation is 1. The van der Waals surface area contributed by atoms with E-state index in [2.05, 4.69) is 15.3 Å². The third-order valence-corrected chi connectivity index (χ3v) is 3.39. The van der Waals surface area contributed by atoms with Crippen LogP contribution in [0.4, 0.5) is 5.69 Å². The fraction of sp³-hybridized carbons (Fsp3) is 0.167. The number of aromatic nitrogens is 2. The minimum atomic E-state index is -0.263. The number of benzene rings is 2. The van der Waals surface area contributed by atoms with Crippen LogP contribution in [0.3, 0.4) is 0 Å². The lowest BCUT2D eigenvalue weighted by Gasteiger charge is -2.10. The third-order valence-electron chi connectivity index (χ3n) is 3.39. The highest BCUT2D eigenvalue weighted by Crippen LogP contribution is 2.22. The highest BCUT2D eigenvalue weighted by molar-refractivity contribution is 5.92. The average molecular weight is 323 g/mol. The molecule has 0 aliphatic carbocycles. The van der Waals surface area contributed by atoms with Crippen LogP contribution in [0.2, 0.25) is 0 Å². The van der Waals surface area contributed by atoms with Crippen LogP contribution in [0.25, 0.3) is 10.9 Å². The van der Waals surface area contributed by atoms with E-state index in [1.165, 1.54) is 0 Å². The van der Waals surface area contributed by atoms with Gasteiger partial charge in [0.05, 0.1) is 18.0 Å². The van der Waals surface area contributed by atoms with Gasteiger partial charge in [-0.2, -0.15) is 4.98 Å². The molecule has 0 saturated heterocycles. The number of nitrogens with zero attached hydrogens (tertiary/aromatic N) is 2. The molecule has 1 heterocycles. The van der Waals surface area contributed by atoms with Crippen LogP contribution in [-0.4, -0.2) is 29.6 Å². The normalized spacial score (nSPS) is 10.4. The highest BCUT2D eigenvalue weighted by atomic mass is 16.5. The number of para-hydroxylation sites is 1. The molecule has 1 N–H and O–H groups in total. The van der Waals surface area contributed by atoms with Gasteiger partial charge in [0, 0.05) is 5.69 Å². The number of carbonyl (C=O) groups excluding carboxylic acids is 1. The predicted octanol–water partition coefficient (Wildman–Crippen LogP) is 2.96. The Balaban J connectivity index is 1.68. The summed E-state index contributed by atoms with van der Waals surface area (Å²) in [6, 6.07) is 14.6. The molecule has 6 nitrogen and oxygen atoms in total. The Morgan fingerprint density at radius 2 is 1.83 bits per heavy atom. The van der Waals surface area contributed by atoms with Crippen molar-refractivity contribution in [1.82, 2.24) is 9.97 Å². The van der Waals surface area contributed by atoms with Crippen LogP contribution in [0.5, 0.6) is 11.6 Å². The van der Waals surface area contributed by atoms with Gasteiger partial charge in [-0.05, 0) is 43.3 Å². The van der Waals surface area contributed by atoms with Gasteiger partial charge in [-0.15, -0.1) is 0 Å². The van der Waals surface area contributed by atoms with Crippen molar-refractivity contribution in [3.8, 4) is 11.6 Å². The molecule has 1 amide bonds. The lowest BCUT2D eigenvalue weighted by molar-refractivity contribution is -0.118. The fourth-order valence-electron chi connectivity index (χ4n) is 2.27. The van der Waals surface area contributed by atoms with E-state index in [0.717, 1.165) is 16.7 Å². The lowest BCUT2D eigenvalue weighted by Crippen LogP contribution is -2.20. The van der Waals surface area contributed by atoms with Crippen molar-refractivity contribution in [2.45, 2.75) is 6.92 Å². The molecule has 0 bridgehead atoms.